The molecule has 4 heteroatoms. The third kappa shape index (κ3) is 4.49. The van der Waals surface area contributed by atoms with Crippen LogP contribution < -0.4 is 14.2 Å². The highest BCUT2D eigenvalue weighted by Crippen LogP contribution is 2.25. The summed E-state index contributed by atoms with van der Waals surface area (Å²) >= 11 is 0. The predicted octanol–water partition coefficient (Wildman–Crippen LogP) is 4.16. The highest BCUT2D eigenvalue weighted by Gasteiger charge is 2.05. The highest BCUT2D eigenvalue weighted by atomic mass is 16.5. The molecule has 4 nitrogen and oxygen atoms in total. The van der Waals surface area contributed by atoms with E-state index >= 15 is 0 Å². The van der Waals surface area contributed by atoms with E-state index in [0.717, 1.165) is 5.56 Å². The lowest BCUT2D eigenvalue weighted by molar-refractivity contribution is 0.104. The Bertz CT molecular complexity index is 730. The zero-order valence-electron chi connectivity index (χ0n) is 13.8. The van der Waals surface area contributed by atoms with Crippen molar-refractivity contribution in [1.82, 2.24) is 0 Å². The normalized spacial score (nSPS) is 10.4. The second kappa shape index (κ2) is 8.58. The average Bonchev–Trinajstić information content (AvgIpc) is 2.64. The summed E-state index contributed by atoms with van der Waals surface area (Å²) in [6, 6.07) is 12.4. The Hall–Kier alpha value is -3.01. The van der Waals surface area contributed by atoms with Gasteiger partial charge in [0.15, 0.2) is 5.78 Å². The van der Waals surface area contributed by atoms with Crippen LogP contribution in [0.5, 0.6) is 17.2 Å². The highest BCUT2D eigenvalue weighted by molar-refractivity contribution is 6.07. The largest absolute Gasteiger partial charge is 0.497 e. The van der Waals surface area contributed by atoms with E-state index in [2.05, 4.69) is 6.58 Å². The van der Waals surface area contributed by atoms with Crippen molar-refractivity contribution in [2.75, 3.05) is 20.8 Å². The van der Waals surface area contributed by atoms with Crippen molar-refractivity contribution in [3.05, 3.63) is 72.3 Å². The minimum atomic E-state index is -0.102. The molecule has 0 N–H and O–H groups in total. The number of allylic oxidation sites excluding steroid dienone is 1. The molecule has 0 atom stereocenters. The van der Waals surface area contributed by atoms with Crippen molar-refractivity contribution in [1.29, 1.82) is 0 Å². The zero-order chi connectivity index (χ0) is 17.4. The molecule has 0 saturated heterocycles. The van der Waals surface area contributed by atoms with Gasteiger partial charge in [0.05, 0.1) is 14.2 Å². The van der Waals surface area contributed by atoms with Gasteiger partial charge in [0.25, 0.3) is 0 Å². The first-order valence-electron chi connectivity index (χ1n) is 7.46. The van der Waals surface area contributed by atoms with Gasteiger partial charge in [-0.15, -0.1) is 0 Å². The summed E-state index contributed by atoms with van der Waals surface area (Å²) in [5.41, 5.74) is 1.36. The van der Waals surface area contributed by atoms with E-state index < -0.39 is 0 Å². The van der Waals surface area contributed by atoms with Gasteiger partial charge in [-0.3, -0.25) is 4.79 Å². The fraction of sp³-hybridized carbons (Fsp3) is 0.150. The quantitative estimate of drug-likeness (QED) is 0.415. The molecule has 0 amide bonds. The third-order valence-electron chi connectivity index (χ3n) is 3.36. The van der Waals surface area contributed by atoms with Gasteiger partial charge in [0.1, 0.15) is 23.9 Å². The van der Waals surface area contributed by atoms with E-state index in [1.807, 2.05) is 6.07 Å². The minimum Gasteiger partial charge on any atom is -0.497 e. The Morgan fingerprint density at radius 2 is 1.75 bits per heavy atom. The Morgan fingerprint density at radius 1 is 1.04 bits per heavy atom. The van der Waals surface area contributed by atoms with Crippen LogP contribution in [0.3, 0.4) is 0 Å². The van der Waals surface area contributed by atoms with Crippen molar-refractivity contribution in [2.45, 2.75) is 0 Å². The number of methoxy groups -OCH3 is 2. The van der Waals surface area contributed by atoms with Crippen LogP contribution in [0, 0.1) is 0 Å². The van der Waals surface area contributed by atoms with Crippen LogP contribution in [-0.2, 0) is 0 Å². The molecule has 0 spiro atoms. The first kappa shape index (κ1) is 17.3. The summed E-state index contributed by atoms with van der Waals surface area (Å²) in [6.07, 6.45) is 4.89. The number of carbonyl (C=O) groups excluding carboxylic acids is 1. The molecule has 2 aromatic carbocycles. The van der Waals surface area contributed by atoms with Gasteiger partial charge in [0.2, 0.25) is 0 Å². The van der Waals surface area contributed by atoms with Gasteiger partial charge in [-0.1, -0.05) is 12.7 Å². The predicted molar refractivity (Wildman–Crippen MR) is 95.0 cm³/mol. The van der Waals surface area contributed by atoms with Crippen molar-refractivity contribution >= 4 is 11.9 Å². The number of rotatable bonds is 8. The minimum absolute atomic E-state index is 0.102. The number of carbonyl (C=O) groups is 1. The van der Waals surface area contributed by atoms with Crippen LogP contribution in [0.15, 0.2) is 61.2 Å². The maximum atomic E-state index is 12.3. The van der Waals surface area contributed by atoms with E-state index in [9.17, 15) is 4.79 Å². The maximum Gasteiger partial charge on any atom is 0.185 e. The standard InChI is InChI=1S/C20H20O4/c1-4-13-24-17-8-5-15(6-9-17)19(21)11-7-16-14-18(22-2)10-12-20(16)23-3/h4-12,14H,1,13H2,2-3H3/b11-7+. The van der Waals surface area contributed by atoms with Crippen molar-refractivity contribution in [2.24, 2.45) is 0 Å². The van der Waals surface area contributed by atoms with E-state index in [0.29, 0.717) is 29.4 Å². The number of hydrogen-bond donors (Lipinski definition) is 0. The molecular formula is C20H20O4. The summed E-state index contributed by atoms with van der Waals surface area (Å²) in [5, 5.41) is 0. The molecule has 0 aliphatic rings. The molecule has 24 heavy (non-hydrogen) atoms. The lowest BCUT2D eigenvalue weighted by Crippen LogP contribution is -1.96. The van der Waals surface area contributed by atoms with Crippen molar-refractivity contribution < 1.29 is 19.0 Å². The van der Waals surface area contributed by atoms with E-state index in [-0.39, 0.29) is 5.78 Å². The molecule has 0 unspecified atom stereocenters. The second-order valence-corrected chi connectivity index (χ2v) is 4.93. The maximum absolute atomic E-state index is 12.3. The summed E-state index contributed by atoms with van der Waals surface area (Å²) in [5.74, 6) is 1.97. The second-order valence-electron chi connectivity index (χ2n) is 4.93. The Balaban J connectivity index is 2.13. The van der Waals surface area contributed by atoms with Crippen LogP contribution >= 0.6 is 0 Å². The SMILES string of the molecule is C=CCOc1ccc(C(=O)/C=C/c2cc(OC)ccc2OC)cc1. The molecule has 0 bridgehead atoms. The summed E-state index contributed by atoms with van der Waals surface area (Å²) in [4.78, 5) is 12.3. The monoisotopic (exact) mass is 324 g/mol. The van der Waals surface area contributed by atoms with Crippen molar-refractivity contribution in [3.63, 3.8) is 0 Å². The van der Waals surface area contributed by atoms with Crippen LogP contribution in [0.25, 0.3) is 6.08 Å². The first-order chi connectivity index (χ1) is 11.7. The zero-order valence-corrected chi connectivity index (χ0v) is 13.8. The van der Waals surface area contributed by atoms with Gasteiger partial charge in [0, 0.05) is 11.1 Å². The number of ketones is 1. The lowest BCUT2D eigenvalue weighted by Gasteiger charge is -2.07. The number of ether oxygens (including phenoxy) is 3. The fourth-order valence-corrected chi connectivity index (χ4v) is 2.10. The Kier molecular flexibility index (Phi) is 6.20. The number of benzene rings is 2. The molecule has 0 heterocycles. The van der Waals surface area contributed by atoms with E-state index in [4.69, 9.17) is 14.2 Å². The molecule has 0 saturated carbocycles. The van der Waals surface area contributed by atoms with Crippen LogP contribution in [-0.4, -0.2) is 26.6 Å². The van der Waals surface area contributed by atoms with Crippen LogP contribution in [0.2, 0.25) is 0 Å². The summed E-state index contributed by atoms with van der Waals surface area (Å²) in [7, 11) is 3.18. The first-order valence-corrected chi connectivity index (χ1v) is 7.46. The van der Waals surface area contributed by atoms with Gasteiger partial charge in [-0.05, 0) is 54.6 Å². The third-order valence-corrected chi connectivity index (χ3v) is 3.36. The summed E-state index contributed by atoms with van der Waals surface area (Å²) < 4.78 is 15.9. The van der Waals surface area contributed by atoms with Gasteiger partial charge in [-0.2, -0.15) is 0 Å². The van der Waals surface area contributed by atoms with Gasteiger partial charge >= 0.3 is 0 Å². The fourth-order valence-electron chi connectivity index (χ4n) is 2.10. The molecule has 2 aromatic rings. The van der Waals surface area contributed by atoms with Gasteiger partial charge < -0.3 is 14.2 Å². The van der Waals surface area contributed by atoms with E-state index in [1.165, 1.54) is 6.08 Å². The molecule has 0 aromatic heterocycles. The summed E-state index contributed by atoms with van der Waals surface area (Å²) in [6.45, 7) is 4.03. The molecule has 2 rings (SSSR count). The Labute approximate surface area is 142 Å². The molecule has 0 radical (unpaired) electrons. The molecule has 124 valence electrons. The number of hydrogen-bond acceptors (Lipinski definition) is 4. The van der Waals surface area contributed by atoms with Crippen molar-refractivity contribution in [3.8, 4) is 17.2 Å². The average molecular weight is 324 g/mol. The van der Waals surface area contributed by atoms with Gasteiger partial charge in [-0.25, -0.2) is 0 Å². The molecule has 0 aliphatic carbocycles. The Morgan fingerprint density at radius 3 is 2.38 bits per heavy atom. The lowest BCUT2D eigenvalue weighted by atomic mass is 10.1. The molecule has 0 aliphatic heterocycles. The smallest absolute Gasteiger partial charge is 0.185 e. The molecular weight excluding hydrogens is 304 g/mol. The topological polar surface area (TPSA) is 44.8 Å². The van der Waals surface area contributed by atoms with Crippen LogP contribution in [0.1, 0.15) is 15.9 Å². The van der Waals surface area contributed by atoms with E-state index in [1.54, 1.807) is 62.8 Å². The molecule has 0 fully saturated rings. The van der Waals surface area contributed by atoms with Crippen LogP contribution in [0.4, 0.5) is 0 Å².